The van der Waals surface area contributed by atoms with E-state index in [1.807, 2.05) is 0 Å². The molecule has 0 aliphatic carbocycles. The van der Waals surface area contributed by atoms with E-state index in [0.29, 0.717) is 39.2 Å². The molecule has 0 saturated carbocycles. The average molecular weight is 596 g/mol. The number of fused-ring (bicyclic) bond motifs is 1. The number of anilines is 1. The summed E-state index contributed by atoms with van der Waals surface area (Å²) in [5.41, 5.74) is 0.537. The molecule has 0 spiro atoms. The monoisotopic (exact) mass is 595 g/mol. The van der Waals surface area contributed by atoms with E-state index in [-0.39, 0.29) is 51.5 Å². The Labute approximate surface area is 256 Å². The molecule has 0 heterocycles. The van der Waals surface area contributed by atoms with Crippen LogP contribution in [0.4, 0.5) is 17.1 Å². The maximum Gasteiger partial charge on any atom is 1.00 e. The van der Waals surface area contributed by atoms with Crippen molar-refractivity contribution in [1.82, 2.24) is 0 Å². The number of nitrogens with zero attached hydrogens (tertiary/aromatic N) is 2. The fraction of sp³-hybridized carbons (Fsp3) is 0.115. The number of amides is 1. The zero-order valence-corrected chi connectivity index (χ0v) is 25.4. The molecule has 4 aromatic rings. The first-order valence-electron chi connectivity index (χ1n) is 11.1. The zero-order chi connectivity index (χ0) is 27.6. The second-order valence-electron chi connectivity index (χ2n) is 8.04. The SMILES string of the molecule is CCc1ccc(S(=O)(=O)O)c(Cl)c1N=Nc1c([O-])c(C(=O)Nc2ccc(Cl)c(OC)c2)cc2ccccc12.[Na+]. The first-order chi connectivity index (χ1) is 18.0. The molecule has 0 fully saturated rings. The predicted octanol–water partition coefficient (Wildman–Crippen LogP) is 3.71. The van der Waals surface area contributed by atoms with Crippen LogP contribution >= 0.6 is 23.2 Å². The zero-order valence-electron chi connectivity index (χ0n) is 21.0. The summed E-state index contributed by atoms with van der Waals surface area (Å²) in [5, 5.41) is 25.3. The Morgan fingerprint density at radius 3 is 2.41 bits per heavy atom. The largest absolute Gasteiger partial charge is 1.00 e. The second-order valence-corrected chi connectivity index (χ2v) is 10.2. The van der Waals surface area contributed by atoms with Gasteiger partial charge in [0.1, 0.15) is 16.3 Å². The summed E-state index contributed by atoms with van der Waals surface area (Å²) in [6.45, 7) is 1.79. The minimum Gasteiger partial charge on any atom is -0.870 e. The summed E-state index contributed by atoms with van der Waals surface area (Å²) in [4.78, 5) is 12.6. The van der Waals surface area contributed by atoms with Crippen LogP contribution in [-0.4, -0.2) is 26.0 Å². The van der Waals surface area contributed by atoms with E-state index in [1.165, 1.54) is 31.4 Å². The Morgan fingerprint density at radius 2 is 1.74 bits per heavy atom. The van der Waals surface area contributed by atoms with Crippen LogP contribution in [0.25, 0.3) is 10.8 Å². The molecule has 0 radical (unpaired) electrons. The van der Waals surface area contributed by atoms with Gasteiger partial charge in [0.25, 0.3) is 16.0 Å². The number of ether oxygens (including phenoxy) is 1. The van der Waals surface area contributed by atoms with Crippen molar-refractivity contribution in [1.29, 1.82) is 0 Å². The number of azo groups is 1. The van der Waals surface area contributed by atoms with Crippen molar-refractivity contribution < 1.29 is 57.2 Å². The molecule has 0 saturated heterocycles. The van der Waals surface area contributed by atoms with Crippen molar-refractivity contribution in [3.8, 4) is 11.5 Å². The third-order valence-corrected chi connectivity index (χ3v) is 7.41. The smallest absolute Gasteiger partial charge is 0.870 e. The third kappa shape index (κ3) is 6.55. The number of nitrogens with one attached hydrogen (secondary N) is 1. The molecule has 0 aliphatic rings. The van der Waals surface area contributed by atoms with Crippen molar-refractivity contribution in [2.45, 2.75) is 18.2 Å². The van der Waals surface area contributed by atoms with Gasteiger partial charge in [0.2, 0.25) is 0 Å². The quantitative estimate of drug-likeness (QED) is 0.189. The molecule has 0 bridgehead atoms. The van der Waals surface area contributed by atoms with E-state index in [1.54, 1.807) is 43.3 Å². The number of hydrogen-bond donors (Lipinski definition) is 2. The van der Waals surface area contributed by atoms with Gasteiger partial charge >= 0.3 is 29.6 Å². The van der Waals surface area contributed by atoms with Gasteiger partial charge in [0, 0.05) is 22.7 Å². The van der Waals surface area contributed by atoms with Crippen LogP contribution in [-0.2, 0) is 16.5 Å². The molecule has 1 amide bonds. The fourth-order valence-corrected chi connectivity index (χ4v) is 5.06. The standard InChI is InChI=1S/C26H21Cl2N3O6S.Na/c1-3-14-8-11-21(38(34,35)36)22(28)23(14)30-31-24-17-7-5-4-6-15(17)12-18(25(24)32)26(33)29-16-9-10-19(27)20(13-16)37-2;/h4-13,32H,3H2,1-2H3,(H,29,33)(H,34,35,36);/q;+1/p-1. The first-order valence-corrected chi connectivity index (χ1v) is 13.3. The van der Waals surface area contributed by atoms with Crippen molar-refractivity contribution in [3.63, 3.8) is 0 Å². The molecule has 2 N–H and O–H groups in total. The molecule has 0 aromatic heterocycles. The van der Waals surface area contributed by atoms with Crippen molar-refractivity contribution in [3.05, 3.63) is 81.8 Å². The maximum absolute atomic E-state index is 13.4. The summed E-state index contributed by atoms with van der Waals surface area (Å²) in [6.07, 6.45) is 0.414. The first kappa shape index (κ1) is 30.8. The maximum atomic E-state index is 13.4. The summed E-state index contributed by atoms with van der Waals surface area (Å²) in [7, 11) is -3.19. The Balaban J connectivity index is 0.00000420. The van der Waals surface area contributed by atoms with Gasteiger partial charge in [0.15, 0.2) is 0 Å². The fourth-order valence-electron chi connectivity index (χ4n) is 3.79. The van der Waals surface area contributed by atoms with Gasteiger partial charge < -0.3 is 15.2 Å². The number of aryl methyl sites for hydroxylation is 1. The van der Waals surface area contributed by atoms with Gasteiger partial charge in [-0.25, -0.2) is 0 Å². The molecule has 39 heavy (non-hydrogen) atoms. The number of benzene rings is 4. The van der Waals surface area contributed by atoms with E-state index in [4.69, 9.17) is 27.9 Å². The van der Waals surface area contributed by atoms with Crippen LogP contribution in [0.15, 0.2) is 75.8 Å². The summed E-state index contributed by atoms with van der Waals surface area (Å²) in [5.74, 6) is -1.05. The average Bonchev–Trinajstić information content (AvgIpc) is 2.88. The molecular formula is C26H20Cl2N3NaO6S. The molecule has 0 unspecified atom stereocenters. The molecular weight excluding hydrogens is 576 g/mol. The van der Waals surface area contributed by atoms with Gasteiger partial charge in [-0.1, -0.05) is 66.2 Å². The van der Waals surface area contributed by atoms with Crippen LogP contribution in [0.3, 0.4) is 0 Å². The number of rotatable bonds is 7. The summed E-state index contributed by atoms with van der Waals surface area (Å²) >= 11 is 12.3. The van der Waals surface area contributed by atoms with Crippen LogP contribution in [0.5, 0.6) is 11.5 Å². The predicted molar refractivity (Wildman–Crippen MR) is 144 cm³/mol. The molecule has 196 valence electrons. The van der Waals surface area contributed by atoms with Gasteiger partial charge in [0.05, 0.1) is 22.8 Å². The van der Waals surface area contributed by atoms with E-state index in [0.717, 1.165) is 0 Å². The van der Waals surface area contributed by atoms with E-state index < -0.39 is 26.7 Å². The van der Waals surface area contributed by atoms with Gasteiger partial charge in [-0.05, 0) is 41.6 Å². The Morgan fingerprint density at radius 1 is 1.05 bits per heavy atom. The van der Waals surface area contributed by atoms with E-state index in [9.17, 15) is 22.9 Å². The van der Waals surface area contributed by atoms with Gasteiger partial charge in [-0.2, -0.15) is 13.5 Å². The Hall–Kier alpha value is -2.70. The number of halogens is 2. The number of hydrogen-bond acceptors (Lipinski definition) is 7. The van der Waals surface area contributed by atoms with Crippen LogP contribution in [0.2, 0.25) is 10.0 Å². The molecule has 4 aromatic carbocycles. The number of methoxy groups -OCH3 is 1. The van der Waals surface area contributed by atoms with Gasteiger partial charge in [-0.15, -0.1) is 5.11 Å². The number of carbonyl (C=O) groups is 1. The summed E-state index contributed by atoms with van der Waals surface area (Å²) in [6, 6.07) is 15.5. The summed E-state index contributed by atoms with van der Waals surface area (Å²) < 4.78 is 38.1. The van der Waals surface area contributed by atoms with E-state index >= 15 is 0 Å². The van der Waals surface area contributed by atoms with Crippen LogP contribution < -0.4 is 44.7 Å². The molecule has 13 heteroatoms. The van der Waals surface area contributed by atoms with Gasteiger partial charge in [-0.3, -0.25) is 9.35 Å². The minimum atomic E-state index is -4.63. The third-order valence-electron chi connectivity index (χ3n) is 5.70. The Bertz CT molecular complexity index is 1710. The minimum absolute atomic E-state index is 0. The number of carbonyl (C=O) groups excluding carboxylic acids is 1. The Kier molecular flexibility index (Phi) is 10.0. The molecule has 0 atom stereocenters. The van der Waals surface area contributed by atoms with Crippen LogP contribution in [0, 0.1) is 0 Å². The molecule has 9 nitrogen and oxygen atoms in total. The second kappa shape index (κ2) is 12.6. The van der Waals surface area contributed by atoms with Crippen molar-refractivity contribution >= 4 is 67.1 Å². The topological polar surface area (TPSA) is 140 Å². The van der Waals surface area contributed by atoms with Crippen molar-refractivity contribution in [2.75, 3.05) is 12.4 Å². The molecule has 0 aliphatic heterocycles. The molecule has 4 rings (SSSR count). The van der Waals surface area contributed by atoms with E-state index in [2.05, 4.69) is 15.5 Å². The normalized spacial score (nSPS) is 11.4. The van der Waals surface area contributed by atoms with Crippen LogP contribution in [0.1, 0.15) is 22.8 Å². The van der Waals surface area contributed by atoms with Crippen molar-refractivity contribution in [2.24, 2.45) is 10.2 Å².